The number of carbonyl (C=O) groups excluding carboxylic acids is 2. The molecule has 0 fully saturated rings. The summed E-state index contributed by atoms with van der Waals surface area (Å²) in [5.74, 6) is 0.310. The second kappa shape index (κ2) is 8.06. The molecular weight excluding hydrogens is 392 g/mol. The summed E-state index contributed by atoms with van der Waals surface area (Å²) in [5.41, 5.74) is 2.39. The fraction of sp³-hybridized carbons (Fsp3) is 0.217. The normalized spacial score (nSPS) is 15.4. The third-order valence-electron chi connectivity index (χ3n) is 5.47. The minimum Gasteiger partial charge on any atom is -0.337 e. The smallest absolute Gasteiger partial charge is 0.253 e. The summed E-state index contributed by atoms with van der Waals surface area (Å²) in [6.45, 7) is 1.28. The Labute approximate surface area is 179 Å². The molecule has 1 N–H and O–H groups in total. The Morgan fingerprint density at radius 3 is 2.65 bits per heavy atom. The number of amides is 2. The van der Waals surface area contributed by atoms with Gasteiger partial charge in [0, 0.05) is 31.2 Å². The predicted octanol–water partition coefficient (Wildman–Crippen LogP) is 3.24. The van der Waals surface area contributed by atoms with E-state index in [1.54, 1.807) is 17.4 Å². The SMILES string of the molecule is O=C(CC1C(=O)N(CCCn2ccnc2)c2nc3ccccc3n21)Nc1ccccc1. The average molecular weight is 414 g/mol. The highest BCUT2D eigenvalue weighted by molar-refractivity contribution is 6.05. The summed E-state index contributed by atoms with van der Waals surface area (Å²) in [5, 5.41) is 2.88. The van der Waals surface area contributed by atoms with Gasteiger partial charge in [0.25, 0.3) is 5.91 Å². The Morgan fingerprint density at radius 1 is 1.03 bits per heavy atom. The van der Waals surface area contributed by atoms with Gasteiger partial charge in [-0.15, -0.1) is 0 Å². The summed E-state index contributed by atoms with van der Waals surface area (Å²) in [7, 11) is 0. The van der Waals surface area contributed by atoms with Gasteiger partial charge >= 0.3 is 0 Å². The van der Waals surface area contributed by atoms with Crippen molar-refractivity contribution in [2.45, 2.75) is 25.4 Å². The molecule has 0 spiro atoms. The molecule has 0 saturated carbocycles. The van der Waals surface area contributed by atoms with Crippen LogP contribution in [0.4, 0.5) is 11.6 Å². The van der Waals surface area contributed by atoms with Crippen LogP contribution in [0.15, 0.2) is 73.3 Å². The molecule has 0 aliphatic carbocycles. The third-order valence-corrected chi connectivity index (χ3v) is 5.47. The molecule has 31 heavy (non-hydrogen) atoms. The summed E-state index contributed by atoms with van der Waals surface area (Å²) in [6.07, 6.45) is 6.21. The number of hydrogen-bond acceptors (Lipinski definition) is 4. The number of fused-ring (bicyclic) bond motifs is 3. The quantitative estimate of drug-likeness (QED) is 0.503. The van der Waals surface area contributed by atoms with Gasteiger partial charge in [0.05, 0.1) is 23.8 Å². The van der Waals surface area contributed by atoms with E-state index in [4.69, 9.17) is 4.98 Å². The van der Waals surface area contributed by atoms with Crippen LogP contribution >= 0.6 is 0 Å². The zero-order chi connectivity index (χ0) is 21.2. The molecule has 8 nitrogen and oxygen atoms in total. The lowest BCUT2D eigenvalue weighted by molar-refractivity contribution is -0.124. The van der Waals surface area contributed by atoms with Crippen molar-refractivity contribution >= 4 is 34.5 Å². The molecule has 8 heteroatoms. The predicted molar refractivity (Wildman–Crippen MR) is 118 cm³/mol. The Kier molecular flexibility index (Phi) is 4.95. The molecule has 0 bridgehead atoms. The van der Waals surface area contributed by atoms with Crippen LogP contribution in [0.1, 0.15) is 18.9 Å². The van der Waals surface area contributed by atoms with Crippen LogP contribution in [0.2, 0.25) is 0 Å². The number of imidazole rings is 2. The number of anilines is 2. The molecule has 4 aromatic rings. The lowest BCUT2D eigenvalue weighted by Crippen LogP contribution is -2.32. The van der Waals surface area contributed by atoms with Crippen LogP contribution < -0.4 is 10.2 Å². The molecular formula is C23H22N6O2. The molecule has 1 unspecified atom stereocenters. The lowest BCUT2D eigenvalue weighted by Gasteiger charge is -2.16. The number of carbonyl (C=O) groups is 2. The lowest BCUT2D eigenvalue weighted by atomic mass is 10.1. The zero-order valence-corrected chi connectivity index (χ0v) is 16.9. The van der Waals surface area contributed by atoms with Crippen molar-refractivity contribution in [3.05, 3.63) is 73.3 Å². The molecule has 1 aliphatic heterocycles. The molecule has 2 amide bonds. The van der Waals surface area contributed by atoms with Crippen molar-refractivity contribution in [2.24, 2.45) is 0 Å². The first-order valence-electron chi connectivity index (χ1n) is 10.3. The Bertz CT molecular complexity index is 1220. The van der Waals surface area contributed by atoms with Gasteiger partial charge < -0.3 is 9.88 Å². The number of nitrogens with zero attached hydrogens (tertiary/aromatic N) is 5. The van der Waals surface area contributed by atoms with E-state index in [1.165, 1.54) is 0 Å². The second-order valence-corrected chi connectivity index (χ2v) is 7.55. The van der Waals surface area contributed by atoms with Crippen LogP contribution in [0, 0.1) is 0 Å². The topological polar surface area (TPSA) is 85.1 Å². The van der Waals surface area contributed by atoms with E-state index in [9.17, 15) is 9.59 Å². The molecule has 2 aromatic heterocycles. The standard InChI is InChI=1S/C23H22N6O2/c30-21(25-17-7-2-1-3-8-17)15-20-22(31)28(13-6-12-27-14-11-24-16-27)23-26-18-9-4-5-10-19(18)29(20)23/h1-5,7-11,14,16,20H,6,12-13,15H2,(H,25,30). The maximum Gasteiger partial charge on any atom is 0.253 e. The number of para-hydroxylation sites is 3. The van der Waals surface area contributed by atoms with Crippen molar-refractivity contribution in [2.75, 3.05) is 16.8 Å². The number of hydrogen-bond donors (Lipinski definition) is 1. The molecule has 0 radical (unpaired) electrons. The van der Waals surface area contributed by atoms with E-state index in [2.05, 4.69) is 10.3 Å². The molecule has 2 aromatic carbocycles. The number of aryl methyl sites for hydroxylation is 1. The molecule has 3 heterocycles. The van der Waals surface area contributed by atoms with E-state index in [-0.39, 0.29) is 18.2 Å². The second-order valence-electron chi connectivity index (χ2n) is 7.55. The van der Waals surface area contributed by atoms with Gasteiger partial charge in [-0.05, 0) is 30.7 Å². The van der Waals surface area contributed by atoms with Gasteiger partial charge in [-0.2, -0.15) is 0 Å². The Morgan fingerprint density at radius 2 is 1.84 bits per heavy atom. The minimum atomic E-state index is -0.612. The summed E-state index contributed by atoms with van der Waals surface area (Å²) in [6, 6.07) is 16.4. The first-order valence-corrected chi connectivity index (χ1v) is 10.3. The largest absolute Gasteiger partial charge is 0.337 e. The molecule has 1 atom stereocenters. The summed E-state index contributed by atoms with van der Waals surface area (Å²) < 4.78 is 3.88. The fourth-order valence-corrected chi connectivity index (χ4v) is 4.05. The van der Waals surface area contributed by atoms with Crippen LogP contribution in [0.25, 0.3) is 11.0 Å². The first-order chi connectivity index (χ1) is 15.2. The van der Waals surface area contributed by atoms with E-state index in [0.717, 1.165) is 24.0 Å². The Hall–Kier alpha value is -3.94. The molecule has 1 aliphatic rings. The van der Waals surface area contributed by atoms with Crippen molar-refractivity contribution in [1.29, 1.82) is 0 Å². The van der Waals surface area contributed by atoms with E-state index in [0.29, 0.717) is 18.2 Å². The van der Waals surface area contributed by atoms with Gasteiger partial charge in [-0.1, -0.05) is 30.3 Å². The van der Waals surface area contributed by atoms with Crippen LogP contribution in [0.3, 0.4) is 0 Å². The number of rotatable bonds is 7. The Balaban J connectivity index is 1.39. The van der Waals surface area contributed by atoms with Crippen molar-refractivity contribution in [1.82, 2.24) is 19.1 Å². The third kappa shape index (κ3) is 3.68. The van der Waals surface area contributed by atoms with Gasteiger partial charge in [-0.25, -0.2) is 9.97 Å². The fourth-order valence-electron chi connectivity index (χ4n) is 4.05. The first kappa shape index (κ1) is 19.0. The molecule has 0 saturated heterocycles. The van der Waals surface area contributed by atoms with E-state index in [1.807, 2.05) is 69.9 Å². The highest BCUT2D eigenvalue weighted by atomic mass is 16.2. The van der Waals surface area contributed by atoms with Crippen molar-refractivity contribution in [3.63, 3.8) is 0 Å². The van der Waals surface area contributed by atoms with Gasteiger partial charge in [-0.3, -0.25) is 19.1 Å². The van der Waals surface area contributed by atoms with Gasteiger partial charge in [0.15, 0.2) is 0 Å². The maximum atomic E-state index is 13.3. The monoisotopic (exact) mass is 414 g/mol. The zero-order valence-electron chi connectivity index (χ0n) is 16.9. The van der Waals surface area contributed by atoms with Crippen molar-refractivity contribution in [3.8, 4) is 0 Å². The number of nitrogens with one attached hydrogen (secondary N) is 1. The maximum absolute atomic E-state index is 13.3. The average Bonchev–Trinajstić information content (AvgIpc) is 3.48. The summed E-state index contributed by atoms with van der Waals surface area (Å²) >= 11 is 0. The van der Waals surface area contributed by atoms with Crippen LogP contribution in [-0.2, 0) is 16.1 Å². The van der Waals surface area contributed by atoms with Crippen molar-refractivity contribution < 1.29 is 9.59 Å². The highest BCUT2D eigenvalue weighted by Gasteiger charge is 2.40. The number of aromatic nitrogens is 4. The van der Waals surface area contributed by atoms with E-state index < -0.39 is 6.04 Å². The number of benzene rings is 2. The van der Waals surface area contributed by atoms with Crippen LogP contribution in [-0.4, -0.2) is 37.5 Å². The van der Waals surface area contributed by atoms with Crippen LogP contribution in [0.5, 0.6) is 0 Å². The summed E-state index contributed by atoms with van der Waals surface area (Å²) in [4.78, 5) is 36.5. The minimum absolute atomic E-state index is 0.0547. The van der Waals surface area contributed by atoms with Gasteiger partial charge in [0.2, 0.25) is 11.9 Å². The highest BCUT2D eigenvalue weighted by Crippen LogP contribution is 2.36. The molecule has 156 valence electrons. The van der Waals surface area contributed by atoms with E-state index >= 15 is 0 Å². The molecule has 5 rings (SSSR count). The van der Waals surface area contributed by atoms with Gasteiger partial charge in [0.1, 0.15) is 6.04 Å².